The van der Waals surface area contributed by atoms with Crippen LogP contribution in [-0.2, 0) is 5.60 Å². The third-order valence-electron chi connectivity index (χ3n) is 2.63. The van der Waals surface area contributed by atoms with Gasteiger partial charge in [0.1, 0.15) is 5.82 Å². The van der Waals surface area contributed by atoms with Gasteiger partial charge in [0.05, 0.1) is 10.1 Å². The van der Waals surface area contributed by atoms with Gasteiger partial charge in [-0.1, -0.05) is 12.1 Å². The molecule has 1 nitrogen and oxygen atoms in total. The van der Waals surface area contributed by atoms with Crippen LogP contribution in [0, 0.1) is 5.82 Å². The van der Waals surface area contributed by atoms with Crippen LogP contribution in [0.3, 0.4) is 0 Å². The van der Waals surface area contributed by atoms with Crippen molar-refractivity contribution >= 4 is 15.9 Å². The molecule has 0 aliphatic heterocycles. The number of hydrogen-bond acceptors (Lipinski definition) is 1. The second-order valence-electron chi connectivity index (χ2n) is 3.49. The lowest BCUT2D eigenvalue weighted by molar-refractivity contribution is -0.0397. The molecule has 1 aliphatic carbocycles. The van der Waals surface area contributed by atoms with Crippen molar-refractivity contribution in [1.29, 1.82) is 0 Å². The molecular formula is C10H10BrFO. The minimum atomic E-state index is -0.791. The van der Waals surface area contributed by atoms with Gasteiger partial charge in [-0.05, 0) is 41.3 Å². The lowest BCUT2D eigenvalue weighted by Crippen LogP contribution is -2.34. The van der Waals surface area contributed by atoms with Gasteiger partial charge in [0.2, 0.25) is 0 Å². The fourth-order valence-electron chi connectivity index (χ4n) is 1.64. The van der Waals surface area contributed by atoms with Gasteiger partial charge in [0.25, 0.3) is 0 Å². The van der Waals surface area contributed by atoms with Crippen LogP contribution in [0.25, 0.3) is 0 Å². The number of aliphatic hydroxyl groups is 1. The average Bonchev–Trinajstić information content (AvgIpc) is 2.06. The summed E-state index contributed by atoms with van der Waals surface area (Å²) >= 11 is 3.16. The van der Waals surface area contributed by atoms with E-state index in [0.717, 1.165) is 19.3 Å². The highest BCUT2D eigenvalue weighted by Gasteiger charge is 2.38. The number of rotatable bonds is 1. The maximum Gasteiger partial charge on any atom is 0.137 e. The second-order valence-corrected chi connectivity index (χ2v) is 4.28. The third kappa shape index (κ3) is 1.40. The van der Waals surface area contributed by atoms with Crippen LogP contribution in [0.4, 0.5) is 4.39 Å². The summed E-state index contributed by atoms with van der Waals surface area (Å²) in [5.74, 6) is -0.308. The molecule has 0 saturated heterocycles. The highest BCUT2D eigenvalue weighted by Crippen LogP contribution is 2.44. The molecule has 1 saturated carbocycles. The fraction of sp³-hybridized carbons (Fsp3) is 0.400. The predicted molar refractivity (Wildman–Crippen MR) is 51.8 cm³/mol. The van der Waals surface area contributed by atoms with Crippen LogP contribution in [-0.4, -0.2) is 5.11 Å². The smallest absolute Gasteiger partial charge is 0.137 e. The minimum absolute atomic E-state index is 0.308. The molecule has 13 heavy (non-hydrogen) atoms. The van der Waals surface area contributed by atoms with Crippen molar-refractivity contribution in [2.45, 2.75) is 24.9 Å². The van der Waals surface area contributed by atoms with Crippen LogP contribution in [0.2, 0.25) is 0 Å². The minimum Gasteiger partial charge on any atom is -0.385 e. The molecule has 1 N–H and O–H groups in total. The fourth-order valence-corrected chi connectivity index (χ4v) is 2.28. The summed E-state index contributed by atoms with van der Waals surface area (Å²) in [6.07, 6.45) is 2.48. The Hall–Kier alpha value is -0.410. The maximum absolute atomic E-state index is 13.1. The first kappa shape index (κ1) is 9.16. The Balaban J connectivity index is 2.45. The Kier molecular flexibility index (Phi) is 2.16. The highest BCUT2D eigenvalue weighted by molar-refractivity contribution is 9.10. The number of hydrogen-bond donors (Lipinski definition) is 1. The molecule has 0 atom stereocenters. The zero-order valence-corrected chi connectivity index (χ0v) is 8.64. The van der Waals surface area contributed by atoms with Crippen LogP contribution in [0.15, 0.2) is 22.7 Å². The normalized spacial score (nSPS) is 19.6. The van der Waals surface area contributed by atoms with Gasteiger partial charge in [-0.3, -0.25) is 0 Å². The standard InChI is InChI=1S/C10H10BrFO/c11-9-7(3-1-4-8(9)12)10(13)5-2-6-10/h1,3-4,13H,2,5-6H2. The Morgan fingerprint density at radius 3 is 2.62 bits per heavy atom. The SMILES string of the molecule is OC1(c2cccc(F)c2Br)CCC1. The van der Waals surface area contributed by atoms with Gasteiger partial charge >= 0.3 is 0 Å². The molecule has 0 radical (unpaired) electrons. The first-order chi connectivity index (χ1) is 6.13. The van der Waals surface area contributed by atoms with Crippen molar-refractivity contribution in [2.24, 2.45) is 0 Å². The Morgan fingerprint density at radius 1 is 1.38 bits per heavy atom. The summed E-state index contributed by atoms with van der Waals surface area (Å²) in [5, 5.41) is 9.99. The summed E-state index contributed by atoms with van der Waals surface area (Å²) in [6.45, 7) is 0. The summed E-state index contributed by atoms with van der Waals surface area (Å²) in [7, 11) is 0. The van der Waals surface area contributed by atoms with Gasteiger partial charge < -0.3 is 5.11 Å². The summed E-state index contributed by atoms with van der Waals surface area (Å²) < 4.78 is 13.5. The lowest BCUT2D eigenvalue weighted by Gasteiger charge is -2.37. The molecule has 1 aliphatic rings. The lowest BCUT2D eigenvalue weighted by atomic mass is 9.75. The summed E-state index contributed by atoms with van der Waals surface area (Å²) in [5.41, 5.74) is -0.111. The van der Waals surface area contributed by atoms with E-state index < -0.39 is 5.60 Å². The first-order valence-electron chi connectivity index (χ1n) is 4.30. The van der Waals surface area contributed by atoms with E-state index in [0.29, 0.717) is 10.0 Å². The predicted octanol–water partition coefficient (Wildman–Crippen LogP) is 2.96. The van der Waals surface area contributed by atoms with E-state index in [-0.39, 0.29) is 5.82 Å². The van der Waals surface area contributed by atoms with Crippen LogP contribution in [0.1, 0.15) is 24.8 Å². The first-order valence-corrected chi connectivity index (χ1v) is 5.10. The molecule has 0 aromatic heterocycles. The van der Waals surface area contributed by atoms with Crippen molar-refractivity contribution in [1.82, 2.24) is 0 Å². The molecule has 0 heterocycles. The molecular weight excluding hydrogens is 235 g/mol. The van der Waals surface area contributed by atoms with Crippen molar-refractivity contribution in [3.63, 3.8) is 0 Å². The molecule has 1 aromatic rings. The van der Waals surface area contributed by atoms with E-state index in [1.807, 2.05) is 0 Å². The zero-order valence-electron chi connectivity index (χ0n) is 7.06. The molecule has 0 unspecified atom stereocenters. The van der Waals surface area contributed by atoms with Crippen molar-refractivity contribution < 1.29 is 9.50 Å². The molecule has 3 heteroatoms. The Bertz CT molecular complexity index is 334. The molecule has 2 rings (SSSR count). The van der Waals surface area contributed by atoms with E-state index in [1.54, 1.807) is 12.1 Å². The average molecular weight is 245 g/mol. The van der Waals surface area contributed by atoms with E-state index in [9.17, 15) is 9.50 Å². The molecule has 0 spiro atoms. The molecule has 1 fully saturated rings. The summed E-state index contributed by atoms with van der Waals surface area (Å²) in [6, 6.07) is 4.79. The topological polar surface area (TPSA) is 20.2 Å². The molecule has 0 amide bonds. The molecule has 70 valence electrons. The Morgan fingerprint density at radius 2 is 2.08 bits per heavy atom. The van der Waals surface area contributed by atoms with Crippen molar-refractivity contribution in [3.05, 3.63) is 34.1 Å². The number of benzene rings is 1. The van der Waals surface area contributed by atoms with Gasteiger partial charge in [-0.25, -0.2) is 4.39 Å². The quantitative estimate of drug-likeness (QED) is 0.806. The molecule has 1 aromatic carbocycles. The van der Waals surface area contributed by atoms with Crippen LogP contribution in [0.5, 0.6) is 0 Å². The third-order valence-corrected chi connectivity index (χ3v) is 3.44. The van der Waals surface area contributed by atoms with Crippen molar-refractivity contribution in [3.8, 4) is 0 Å². The van der Waals surface area contributed by atoms with E-state index in [1.165, 1.54) is 6.07 Å². The zero-order chi connectivity index (χ0) is 9.47. The monoisotopic (exact) mass is 244 g/mol. The van der Waals surface area contributed by atoms with Gasteiger partial charge in [-0.2, -0.15) is 0 Å². The highest BCUT2D eigenvalue weighted by atomic mass is 79.9. The largest absolute Gasteiger partial charge is 0.385 e. The van der Waals surface area contributed by atoms with Crippen molar-refractivity contribution in [2.75, 3.05) is 0 Å². The van der Waals surface area contributed by atoms with E-state index >= 15 is 0 Å². The Labute approximate surface area is 84.7 Å². The van der Waals surface area contributed by atoms with Gasteiger partial charge in [-0.15, -0.1) is 0 Å². The number of halogens is 2. The van der Waals surface area contributed by atoms with E-state index in [4.69, 9.17) is 0 Å². The van der Waals surface area contributed by atoms with E-state index in [2.05, 4.69) is 15.9 Å². The second kappa shape index (κ2) is 3.07. The van der Waals surface area contributed by atoms with Gasteiger partial charge in [0.15, 0.2) is 0 Å². The molecule has 0 bridgehead atoms. The van der Waals surface area contributed by atoms with Gasteiger partial charge in [0, 0.05) is 5.56 Å². The van der Waals surface area contributed by atoms with Crippen LogP contribution >= 0.6 is 15.9 Å². The summed E-state index contributed by atoms with van der Waals surface area (Å²) in [4.78, 5) is 0. The van der Waals surface area contributed by atoms with Crippen LogP contribution < -0.4 is 0 Å². The maximum atomic E-state index is 13.1.